The Morgan fingerprint density at radius 2 is 1.88 bits per heavy atom. The normalized spacial score (nSPS) is 12.6. The fourth-order valence-electron chi connectivity index (χ4n) is 1.24. The molecule has 0 aliphatic rings. The van der Waals surface area contributed by atoms with Crippen LogP contribution in [0.2, 0.25) is 0 Å². The van der Waals surface area contributed by atoms with Crippen molar-refractivity contribution in [2.75, 3.05) is 13.6 Å². The molecular weight excluding hydrogens is 234 g/mol. The number of aliphatic carboxylic acids is 1. The molecule has 2 N–H and O–H groups in total. The molecule has 1 unspecified atom stereocenters. The molecular formula is C10H18F2N2O3. The quantitative estimate of drug-likeness (QED) is 0.750. The Labute approximate surface area is 98.8 Å². The molecule has 7 heteroatoms. The van der Waals surface area contributed by atoms with Crippen LogP contribution in [0.4, 0.5) is 13.6 Å². The Hall–Kier alpha value is -1.40. The number of hydrogen-bond acceptors (Lipinski definition) is 2. The van der Waals surface area contributed by atoms with E-state index in [2.05, 4.69) is 5.32 Å². The van der Waals surface area contributed by atoms with E-state index in [1.165, 1.54) is 7.05 Å². The number of alkyl halides is 2. The van der Waals surface area contributed by atoms with Crippen molar-refractivity contribution in [2.24, 2.45) is 5.92 Å². The van der Waals surface area contributed by atoms with Gasteiger partial charge in [0.1, 0.15) is 6.04 Å². The zero-order chi connectivity index (χ0) is 13.6. The number of halogens is 2. The molecule has 0 radical (unpaired) electrons. The third-order valence-electron chi connectivity index (χ3n) is 2.06. The summed E-state index contributed by atoms with van der Waals surface area (Å²) in [7, 11) is 1.19. The van der Waals surface area contributed by atoms with Crippen LogP contribution in [-0.2, 0) is 4.79 Å². The maximum absolute atomic E-state index is 12.0. The Morgan fingerprint density at radius 3 is 2.24 bits per heavy atom. The molecule has 17 heavy (non-hydrogen) atoms. The van der Waals surface area contributed by atoms with Crippen molar-refractivity contribution in [3.8, 4) is 0 Å². The molecule has 0 bridgehead atoms. The summed E-state index contributed by atoms with van der Waals surface area (Å²) in [5.74, 6) is -1.09. The van der Waals surface area contributed by atoms with Crippen LogP contribution in [0, 0.1) is 5.92 Å². The summed E-state index contributed by atoms with van der Waals surface area (Å²) in [6.45, 7) is 2.90. The predicted octanol–water partition coefficient (Wildman–Crippen LogP) is 1.39. The Bertz CT molecular complexity index is 272. The molecule has 0 aromatic rings. The van der Waals surface area contributed by atoms with Gasteiger partial charge in [-0.05, 0) is 12.3 Å². The first-order valence-corrected chi connectivity index (χ1v) is 5.26. The van der Waals surface area contributed by atoms with Crippen molar-refractivity contribution in [1.29, 1.82) is 0 Å². The summed E-state index contributed by atoms with van der Waals surface area (Å²) in [5.41, 5.74) is 0. The lowest BCUT2D eigenvalue weighted by molar-refractivity contribution is -0.139. The highest BCUT2D eigenvalue weighted by molar-refractivity contribution is 5.82. The van der Waals surface area contributed by atoms with Crippen molar-refractivity contribution in [1.82, 2.24) is 10.2 Å². The molecule has 0 saturated carbocycles. The van der Waals surface area contributed by atoms with Crippen molar-refractivity contribution in [3.05, 3.63) is 0 Å². The number of carbonyl (C=O) groups is 2. The van der Waals surface area contributed by atoms with E-state index >= 15 is 0 Å². The second kappa shape index (κ2) is 7.03. The Balaban J connectivity index is 4.35. The summed E-state index contributed by atoms with van der Waals surface area (Å²) in [6.07, 6.45) is -2.39. The van der Waals surface area contributed by atoms with Gasteiger partial charge in [-0.2, -0.15) is 0 Å². The number of carboxylic acid groups (broad SMARTS) is 1. The molecule has 2 amide bonds. The number of nitrogens with zero attached hydrogens (tertiary/aromatic N) is 1. The molecule has 0 rings (SSSR count). The lowest BCUT2D eigenvalue weighted by Crippen LogP contribution is -2.48. The van der Waals surface area contributed by atoms with Crippen LogP contribution in [0.5, 0.6) is 0 Å². The standard InChI is InChI=1S/C10H18F2N2O3/c1-6(2)4-7(9(15)16)13-10(17)14(3)5-8(11)12/h6-8H,4-5H2,1-3H3,(H,13,17)(H,15,16). The van der Waals surface area contributed by atoms with Crippen LogP contribution in [0.1, 0.15) is 20.3 Å². The van der Waals surface area contributed by atoms with E-state index in [1.807, 2.05) is 13.8 Å². The Kier molecular flexibility index (Phi) is 6.45. The summed E-state index contributed by atoms with van der Waals surface area (Å²) >= 11 is 0. The first kappa shape index (κ1) is 15.6. The van der Waals surface area contributed by atoms with E-state index in [-0.39, 0.29) is 12.3 Å². The lowest BCUT2D eigenvalue weighted by atomic mass is 10.0. The number of carboxylic acids is 1. The smallest absolute Gasteiger partial charge is 0.326 e. The topological polar surface area (TPSA) is 69.6 Å². The van der Waals surface area contributed by atoms with Gasteiger partial charge in [-0.15, -0.1) is 0 Å². The molecule has 100 valence electrons. The van der Waals surface area contributed by atoms with Crippen molar-refractivity contribution in [3.63, 3.8) is 0 Å². The summed E-state index contributed by atoms with van der Waals surface area (Å²) < 4.78 is 24.0. The second-order valence-electron chi connectivity index (χ2n) is 4.24. The number of hydrogen-bond donors (Lipinski definition) is 2. The van der Waals surface area contributed by atoms with Crippen LogP contribution >= 0.6 is 0 Å². The van der Waals surface area contributed by atoms with Crippen molar-refractivity contribution < 1.29 is 23.5 Å². The minimum absolute atomic E-state index is 0.0804. The lowest BCUT2D eigenvalue weighted by Gasteiger charge is -2.22. The van der Waals surface area contributed by atoms with Gasteiger partial charge in [0.25, 0.3) is 6.43 Å². The van der Waals surface area contributed by atoms with Crippen LogP contribution in [0.3, 0.4) is 0 Å². The van der Waals surface area contributed by atoms with Crippen LogP contribution in [0.15, 0.2) is 0 Å². The molecule has 0 aromatic carbocycles. The molecule has 1 atom stereocenters. The van der Waals surface area contributed by atoms with Gasteiger partial charge in [0.05, 0.1) is 6.54 Å². The third-order valence-corrected chi connectivity index (χ3v) is 2.06. The minimum Gasteiger partial charge on any atom is -0.480 e. The number of rotatable bonds is 6. The Morgan fingerprint density at radius 1 is 1.35 bits per heavy atom. The largest absolute Gasteiger partial charge is 0.480 e. The maximum Gasteiger partial charge on any atom is 0.326 e. The average Bonchev–Trinajstić information content (AvgIpc) is 2.14. The maximum atomic E-state index is 12.0. The molecule has 0 aromatic heterocycles. The highest BCUT2D eigenvalue weighted by Crippen LogP contribution is 2.06. The van der Waals surface area contributed by atoms with E-state index in [4.69, 9.17) is 5.11 Å². The van der Waals surface area contributed by atoms with E-state index in [0.717, 1.165) is 4.90 Å². The van der Waals surface area contributed by atoms with Crippen LogP contribution in [0.25, 0.3) is 0 Å². The minimum atomic E-state index is -2.64. The molecule has 0 saturated heterocycles. The fraction of sp³-hybridized carbons (Fsp3) is 0.800. The first-order chi connectivity index (χ1) is 7.73. The van der Waals surface area contributed by atoms with E-state index in [0.29, 0.717) is 0 Å². The van der Waals surface area contributed by atoms with Crippen molar-refractivity contribution in [2.45, 2.75) is 32.7 Å². The molecule has 0 fully saturated rings. The van der Waals surface area contributed by atoms with Gasteiger partial charge in [-0.1, -0.05) is 13.8 Å². The highest BCUT2D eigenvalue weighted by atomic mass is 19.3. The average molecular weight is 252 g/mol. The molecule has 5 nitrogen and oxygen atoms in total. The summed E-state index contributed by atoms with van der Waals surface area (Å²) in [4.78, 5) is 23.0. The summed E-state index contributed by atoms with van der Waals surface area (Å²) in [5, 5.41) is 11.1. The van der Waals surface area contributed by atoms with Gasteiger partial charge in [-0.3, -0.25) is 0 Å². The molecule has 0 heterocycles. The zero-order valence-corrected chi connectivity index (χ0v) is 10.1. The first-order valence-electron chi connectivity index (χ1n) is 5.26. The second-order valence-corrected chi connectivity index (χ2v) is 4.24. The van der Waals surface area contributed by atoms with Gasteiger partial charge in [0.2, 0.25) is 0 Å². The third kappa shape index (κ3) is 6.70. The zero-order valence-electron chi connectivity index (χ0n) is 10.1. The number of carbonyl (C=O) groups excluding carboxylic acids is 1. The van der Waals surface area contributed by atoms with E-state index in [1.54, 1.807) is 0 Å². The van der Waals surface area contributed by atoms with E-state index < -0.39 is 31.0 Å². The predicted molar refractivity (Wildman–Crippen MR) is 58.0 cm³/mol. The van der Waals surface area contributed by atoms with Gasteiger partial charge < -0.3 is 15.3 Å². The van der Waals surface area contributed by atoms with Crippen LogP contribution < -0.4 is 5.32 Å². The van der Waals surface area contributed by atoms with Crippen molar-refractivity contribution >= 4 is 12.0 Å². The number of amides is 2. The van der Waals surface area contributed by atoms with E-state index in [9.17, 15) is 18.4 Å². The molecule has 0 spiro atoms. The summed E-state index contributed by atoms with van der Waals surface area (Å²) in [6, 6.07) is -1.86. The van der Waals surface area contributed by atoms with Crippen LogP contribution in [-0.4, -0.2) is 48.1 Å². The van der Waals surface area contributed by atoms with Gasteiger partial charge >= 0.3 is 12.0 Å². The molecule has 0 aliphatic carbocycles. The SMILES string of the molecule is CC(C)CC(NC(=O)N(C)CC(F)F)C(=O)O. The van der Waals surface area contributed by atoms with Gasteiger partial charge in [0, 0.05) is 7.05 Å². The molecule has 0 aliphatic heterocycles. The van der Waals surface area contributed by atoms with Gasteiger partial charge in [0.15, 0.2) is 0 Å². The number of urea groups is 1. The fourth-order valence-corrected chi connectivity index (χ4v) is 1.24. The van der Waals surface area contributed by atoms with Gasteiger partial charge in [-0.25, -0.2) is 18.4 Å². The monoisotopic (exact) mass is 252 g/mol. The highest BCUT2D eigenvalue weighted by Gasteiger charge is 2.23. The number of nitrogens with one attached hydrogen (secondary N) is 1.